The van der Waals surface area contributed by atoms with Crippen LogP contribution in [0.4, 0.5) is 5.00 Å². The fourth-order valence-electron chi connectivity index (χ4n) is 4.54. The van der Waals surface area contributed by atoms with E-state index in [0.717, 1.165) is 64.5 Å². The molecule has 0 unspecified atom stereocenters. The van der Waals surface area contributed by atoms with Gasteiger partial charge in [0.2, 0.25) is 5.91 Å². The number of amides is 2. The smallest absolute Gasteiger partial charge is 0.341 e. The lowest BCUT2D eigenvalue weighted by Crippen LogP contribution is -2.23. The van der Waals surface area contributed by atoms with Crippen LogP contribution in [-0.2, 0) is 43.2 Å². The Labute approximate surface area is 250 Å². The van der Waals surface area contributed by atoms with Crippen LogP contribution in [0.3, 0.4) is 0 Å². The number of carbonyl (C=O) groups is 4. The second-order valence-electron chi connectivity index (χ2n) is 9.15. The van der Waals surface area contributed by atoms with E-state index in [1.807, 2.05) is 6.07 Å². The molecule has 41 heavy (non-hydrogen) atoms. The molecule has 1 aliphatic rings. The van der Waals surface area contributed by atoms with Gasteiger partial charge in [-0.05, 0) is 63.3 Å². The van der Waals surface area contributed by atoms with Gasteiger partial charge in [0, 0.05) is 4.88 Å². The summed E-state index contributed by atoms with van der Waals surface area (Å²) in [6.07, 6.45) is 4.84. The Bertz CT molecular complexity index is 1510. The summed E-state index contributed by atoms with van der Waals surface area (Å²) in [6, 6.07) is 5.40. The first kappa shape index (κ1) is 30.8. The number of esters is 2. The minimum atomic E-state index is -0.436. The Morgan fingerprint density at radius 1 is 1.02 bits per heavy atom. The first-order chi connectivity index (χ1) is 19.8. The predicted octanol–water partition coefficient (Wildman–Crippen LogP) is 4.58. The standard InChI is InChI=1S/C28H33N3O7S3/c1-4-37-24(34)14-31-19-12-11-17(36-3)13-21(19)41-28(31)30-23(33)16-39-15-22(32)29-26-25(27(35)38-5-2)18-9-7-6-8-10-20(18)40-26/h11-13H,4-10,14-16H2,1-3H3,(H,29,32). The van der Waals surface area contributed by atoms with Gasteiger partial charge in [0.1, 0.15) is 17.3 Å². The van der Waals surface area contributed by atoms with E-state index < -0.39 is 17.8 Å². The van der Waals surface area contributed by atoms with Crippen molar-refractivity contribution in [1.82, 2.24) is 4.57 Å². The van der Waals surface area contributed by atoms with Crippen LogP contribution in [0.5, 0.6) is 5.75 Å². The number of nitrogens with one attached hydrogen (secondary N) is 1. The van der Waals surface area contributed by atoms with Gasteiger partial charge in [-0.2, -0.15) is 4.99 Å². The van der Waals surface area contributed by atoms with Gasteiger partial charge in [0.25, 0.3) is 5.91 Å². The fourth-order valence-corrected chi connectivity index (χ4v) is 7.50. The van der Waals surface area contributed by atoms with Crippen molar-refractivity contribution in [3.8, 4) is 5.75 Å². The molecule has 1 N–H and O–H groups in total. The Morgan fingerprint density at radius 2 is 1.80 bits per heavy atom. The summed E-state index contributed by atoms with van der Waals surface area (Å²) in [4.78, 5) is 56.3. The van der Waals surface area contributed by atoms with Gasteiger partial charge in [-0.25, -0.2) is 4.79 Å². The van der Waals surface area contributed by atoms with Crippen LogP contribution in [0.25, 0.3) is 10.2 Å². The average Bonchev–Trinajstić information content (AvgIpc) is 3.34. The number of thiazole rings is 1. The molecule has 0 saturated heterocycles. The van der Waals surface area contributed by atoms with Crippen molar-refractivity contribution in [2.24, 2.45) is 4.99 Å². The van der Waals surface area contributed by atoms with Crippen LogP contribution in [-0.4, -0.2) is 60.1 Å². The van der Waals surface area contributed by atoms with E-state index >= 15 is 0 Å². The van der Waals surface area contributed by atoms with Gasteiger partial charge in [-0.3, -0.25) is 14.4 Å². The molecule has 13 heteroatoms. The van der Waals surface area contributed by atoms with Gasteiger partial charge < -0.3 is 24.1 Å². The van der Waals surface area contributed by atoms with Crippen LogP contribution in [0.1, 0.15) is 53.9 Å². The number of nitrogens with zero attached hydrogens (tertiary/aromatic N) is 2. The number of ether oxygens (including phenoxy) is 3. The zero-order valence-corrected chi connectivity index (χ0v) is 25.7. The van der Waals surface area contributed by atoms with Crippen molar-refractivity contribution >= 4 is 73.4 Å². The normalized spacial score (nSPS) is 13.4. The lowest BCUT2D eigenvalue weighted by atomic mass is 10.1. The largest absolute Gasteiger partial charge is 0.497 e. The number of anilines is 1. The first-order valence-electron chi connectivity index (χ1n) is 13.4. The average molecular weight is 620 g/mol. The maximum absolute atomic E-state index is 12.8. The Kier molecular flexibility index (Phi) is 11.0. The summed E-state index contributed by atoms with van der Waals surface area (Å²) in [5, 5.41) is 3.38. The van der Waals surface area contributed by atoms with Crippen LogP contribution in [0.2, 0.25) is 0 Å². The second-order valence-corrected chi connectivity index (χ2v) is 12.2. The summed E-state index contributed by atoms with van der Waals surface area (Å²) in [5.41, 5.74) is 2.18. The molecule has 1 aromatic carbocycles. The molecule has 2 aromatic heterocycles. The summed E-state index contributed by atoms with van der Waals surface area (Å²) in [5.74, 6) is -0.967. The van der Waals surface area contributed by atoms with Crippen molar-refractivity contribution in [2.45, 2.75) is 52.5 Å². The topological polar surface area (TPSA) is 125 Å². The van der Waals surface area contributed by atoms with Crippen molar-refractivity contribution < 1.29 is 33.4 Å². The molecule has 0 bridgehead atoms. The third-order valence-corrected chi connectivity index (χ3v) is 9.48. The molecule has 220 valence electrons. The molecule has 3 aromatic rings. The number of hydrogen-bond acceptors (Lipinski definition) is 10. The zero-order valence-electron chi connectivity index (χ0n) is 23.3. The Balaban J connectivity index is 1.44. The van der Waals surface area contributed by atoms with Gasteiger partial charge in [-0.1, -0.05) is 17.8 Å². The van der Waals surface area contributed by atoms with E-state index in [9.17, 15) is 19.2 Å². The number of fused-ring (bicyclic) bond motifs is 2. The van der Waals surface area contributed by atoms with E-state index in [1.54, 1.807) is 37.7 Å². The number of rotatable bonds is 11. The molecule has 0 saturated carbocycles. The predicted molar refractivity (Wildman–Crippen MR) is 161 cm³/mol. The third kappa shape index (κ3) is 7.77. The molecule has 10 nitrogen and oxygen atoms in total. The van der Waals surface area contributed by atoms with Crippen molar-refractivity contribution in [1.29, 1.82) is 0 Å². The monoisotopic (exact) mass is 619 g/mol. The van der Waals surface area contributed by atoms with Gasteiger partial charge in [0.15, 0.2) is 4.80 Å². The lowest BCUT2D eigenvalue weighted by molar-refractivity contribution is -0.143. The number of aryl methyl sites for hydroxylation is 1. The second kappa shape index (κ2) is 14.6. The molecule has 2 heterocycles. The van der Waals surface area contributed by atoms with Crippen LogP contribution in [0, 0.1) is 0 Å². The highest BCUT2D eigenvalue weighted by Crippen LogP contribution is 2.38. The number of thioether (sulfide) groups is 1. The Morgan fingerprint density at radius 3 is 2.56 bits per heavy atom. The molecule has 0 radical (unpaired) electrons. The number of hydrogen-bond donors (Lipinski definition) is 1. The van der Waals surface area contributed by atoms with Gasteiger partial charge in [-0.15, -0.1) is 23.1 Å². The van der Waals surface area contributed by atoms with E-state index in [4.69, 9.17) is 14.2 Å². The molecule has 1 aliphatic carbocycles. The van der Waals surface area contributed by atoms with E-state index in [0.29, 0.717) is 21.1 Å². The summed E-state index contributed by atoms with van der Waals surface area (Å²) < 4.78 is 18.1. The van der Waals surface area contributed by atoms with E-state index in [-0.39, 0.29) is 37.2 Å². The first-order valence-corrected chi connectivity index (χ1v) is 16.2. The molecule has 0 fully saturated rings. The van der Waals surface area contributed by atoms with E-state index in [2.05, 4.69) is 10.3 Å². The zero-order chi connectivity index (χ0) is 29.4. The SMILES string of the molecule is CCOC(=O)Cn1c(=NC(=O)CSCC(=O)Nc2sc3c(c2C(=O)OCC)CCCCC3)sc2cc(OC)ccc21. The summed E-state index contributed by atoms with van der Waals surface area (Å²) in [6.45, 7) is 3.90. The number of aromatic nitrogens is 1. The van der Waals surface area contributed by atoms with Crippen LogP contribution < -0.4 is 14.9 Å². The highest BCUT2D eigenvalue weighted by Gasteiger charge is 2.26. The number of thiophene rings is 1. The third-order valence-electron chi connectivity index (χ3n) is 6.32. The number of benzene rings is 1. The van der Waals surface area contributed by atoms with Crippen LogP contribution in [0.15, 0.2) is 23.2 Å². The maximum atomic E-state index is 12.8. The van der Waals surface area contributed by atoms with E-state index in [1.165, 1.54) is 22.7 Å². The highest BCUT2D eigenvalue weighted by molar-refractivity contribution is 8.00. The highest BCUT2D eigenvalue weighted by atomic mass is 32.2. The molecule has 0 aliphatic heterocycles. The van der Waals surface area contributed by atoms with Gasteiger partial charge in [0.05, 0.1) is 47.6 Å². The molecule has 2 amide bonds. The minimum Gasteiger partial charge on any atom is -0.497 e. The van der Waals surface area contributed by atoms with Crippen LogP contribution >= 0.6 is 34.4 Å². The number of methoxy groups -OCH3 is 1. The molecule has 0 spiro atoms. The minimum absolute atomic E-state index is 0.0124. The van der Waals surface area contributed by atoms with Crippen molar-refractivity contribution in [3.05, 3.63) is 39.0 Å². The quantitative estimate of drug-likeness (QED) is 0.244. The molecular weight excluding hydrogens is 587 g/mol. The fraction of sp³-hybridized carbons (Fsp3) is 0.464. The molecule has 4 rings (SSSR count). The maximum Gasteiger partial charge on any atom is 0.341 e. The Hall–Kier alpha value is -3.16. The summed E-state index contributed by atoms with van der Waals surface area (Å²) >= 11 is 3.83. The summed E-state index contributed by atoms with van der Waals surface area (Å²) in [7, 11) is 1.56. The molecular formula is C28H33N3O7S3. The van der Waals surface area contributed by atoms with Gasteiger partial charge >= 0.3 is 11.9 Å². The van der Waals surface area contributed by atoms with Crippen molar-refractivity contribution in [2.75, 3.05) is 37.1 Å². The van der Waals surface area contributed by atoms with Crippen molar-refractivity contribution in [3.63, 3.8) is 0 Å². The number of carbonyl (C=O) groups excluding carboxylic acids is 4. The lowest BCUT2D eigenvalue weighted by Gasteiger charge is -2.08. The molecule has 0 atom stereocenters.